The summed E-state index contributed by atoms with van der Waals surface area (Å²) in [5.41, 5.74) is 4.08. The van der Waals surface area contributed by atoms with Crippen LogP contribution in [0.2, 0.25) is 0 Å². The van der Waals surface area contributed by atoms with Gasteiger partial charge in [0.25, 0.3) is 0 Å². The molecule has 4 aromatic rings. The summed E-state index contributed by atoms with van der Waals surface area (Å²) in [4.78, 5) is 29.6. The van der Waals surface area contributed by atoms with Crippen LogP contribution in [-0.4, -0.2) is 23.5 Å². The number of halogens is 1. The van der Waals surface area contributed by atoms with E-state index in [-0.39, 0.29) is 24.8 Å². The van der Waals surface area contributed by atoms with Crippen molar-refractivity contribution in [2.75, 3.05) is 11.9 Å². The molecule has 0 bridgehead atoms. The average Bonchev–Trinajstić information content (AvgIpc) is 2.81. The van der Waals surface area contributed by atoms with Crippen LogP contribution in [0.15, 0.2) is 78.9 Å². The molecule has 1 heterocycles. The number of hydrogen-bond acceptors (Lipinski definition) is 4. The zero-order valence-electron chi connectivity index (χ0n) is 18.2. The van der Waals surface area contributed by atoms with Crippen LogP contribution in [0, 0.1) is 12.7 Å². The third-order valence-corrected chi connectivity index (χ3v) is 5.16. The molecule has 33 heavy (non-hydrogen) atoms. The summed E-state index contributed by atoms with van der Waals surface area (Å²) in [6.07, 6.45) is 0.635. The Morgan fingerprint density at radius 2 is 1.76 bits per heavy atom. The first-order valence-electron chi connectivity index (χ1n) is 10.7. The van der Waals surface area contributed by atoms with Gasteiger partial charge in [-0.3, -0.25) is 4.79 Å². The summed E-state index contributed by atoms with van der Waals surface area (Å²) in [7, 11) is 0. The topological polar surface area (TPSA) is 68.3 Å². The summed E-state index contributed by atoms with van der Waals surface area (Å²) >= 11 is 0. The molecule has 166 valence electrons. The van der Waals surface area contributed by atoms with E-state index in [1.54, 1.807) is 18.2 Å². The normalized spacial score (nSPS) is 10.7. The number of aryl methyl sites for hydroxylation is 1. The number of anilines is 1. The number of pyridine rings is 1. The molecule has 0 atom stereocenters. The SMILES string of the molecule is Cc1cccc(NC(=O)CCCOC(=O)c2cc(-c3ccc(F)cc3)nc3ccccc23)c1. The molecular formula is C27H23FN2O3. The van der Waals surface area contributed by atoms with E-state index in [1.165, 1.54) is 12.1 Å². The van der Waals surface area contributed by atoms with Crippen molar-refractivity contribution in [3.05, 3.63) is 95.8 Å². The van der Waals surface area contributed by atoms with Crippen molar-refractivity contribution >= 4 is 28.5 Å². The summed E-state index contributed by atoms with van der Waals surface area (Å²) in [5, 5.41) is 3.51. The first kappa shape index (κ1) is 22.1. The molecular weight excluding hydrogens is 419 g/mol. The quantitative estimate of drug-likeness (QED) is 0.285. The van der Waals surface area contributed by atoms with Crippen LogP contribution >= 0.6 is 0 Å². The summed E-state index contributed by atoms with van der Waals surface area (Å²) in [5.74, 6) is -0.966. The smallest absolute Gasteiger partial charge is 0.338 e. The van der Waals surface area contributed by atoms with Gasteiger partial charge in [-0.2, -0.15) is 0 Å². The Morgan fingerprint density at radius 3 is 2.55 bits per heavy atom. The summed E-state index contributed by atoms with van der Waals surface area (Å²) < 4.78 is 18.8. The average molecular weight is 442 g/mol. The van der Waals surface area contributed by atoms with Gasteiger partial charge in [-0.05, 0) is 67.4 Å². The van der Waals surface area contributed by atoms with Gasteiger partial charge < -0.3 is 10.1 Å². The third kappa shape index (κ3) is 5.60. The van der Waals surface area contributed by atoms with E-state index in [0.29, 0.717) is 34.1 Å². The monoisotopic (exact) mass is 442 g/mol. The number of benzene rings is 3. The molecule has 0 saturated heterocycles. The molecule has 5 nitrogen and oxygen atoms in total. The fraction of sp³-hybridized carbons (Fsp3) is 0.148. The van der Waals surface area contributed by atoms with Gasteiger partial charge in [0.05, 0.1) is 23.4 Å². The Hall–Kier alpha value is -4.06. The number of hydrogen-bond donors (Lipinski definition) is 1. The highest BCUT2D eigenvalue weighted by Crippen LogP contribution is 2.25. The predicted molar refractivity (Wildman–Crippen MR) is 126 cm³/mol. The molecule has 0 fully saturated rings. The van der Waals surface area contributed by atoms with Crippen LogP contribution in [-0.2, 0) is 9.53 Å². The number of nitrogens with one attached hydrogen (secondary N) is 1. The molecule has 0 aliphatic heterocycles. The van der Waals surface area contributed by atoms with Crippen molar-refractivity contribution in [1.82, 2.24) is 4.98 Å². The molecule has 3 aromatic carbocycles. The molecule has 1 amide bonds. The van der Waals surface area contributed by atoms with Crippen LogP contribution in [0.4, 0.5) is 10.1 Å². The number of carbonyl (C=O) groups excluding carboxylic acids is 2. The van der Waals surface area contributed by atoms with Gasteiger partial charge in [-0.25, -0.2) is 14.2 Å². The number of para-hydroxylation sites is 1. The zero-order valence-corrected chi connectivity index (χ0v) is 18.2. The van der Waals surface area contributed by atoms with Gasteiger partial charge in [-0.15, -0.1) is 0 Å². The van der Waals surface area contributed by atoms with Crippen LogP contribution in [0.5, 0.6) is 0 Å². The molecule has 0 aliphatic carbocycles. The maximum Gasteiger partial charge on any atom is 0.338 e. The Kier molecular flexibility index (Phi) is 6.74. The molecule has 1 N–H and O–H groups in total. The van der Waals surface area contributed by atoms with Gasteiger partial charge in [0.15, 0.2) is 0 Å². The highest BCUT2D eigenvalue weighted by molar-refractivity contribution is 6.04. The minimum Gasteiger partial charge on any atom is -0.462 e. The van der Waals surface area contributed by atoms with Crippen molar-refractivity contribution in [2.24, 2.45) is 0 Å². The maximum absolute atomic E-state index is 13.3. The minimum absolute atomic E-state index is 0.114. The Morgan fingerprint density at radius 1 is 0.970 bits per heavy atom. The zero-order chi connectivity index (χ0) is 23.2. The highest BCUT2D eigenvalue weighted by atomic mass is 19.1. The lowest BCUT2D eigenvalue weighted by atomic mass is 10.0. The number of aromatic nitrogens is 1. The van der Waals surface area contributed by atoms with E-state index < -0.39 is 5.97 Å². The van der Waals surface area contributed by atoms with Crippen LogP contribution < -0.4 is 5.32 Å². The molecule has 6 heteroatoms. The first-order chi connectivity index (χ1) is 16.0. The number of rotatable bonds is 7. The lowest BCUT2D eigenvalue weighted by Gasteiger charge is -2.10. The molecule has 0 unspecified atom stereocenters. The van der Waals surface area contributed by atoms with Crippen LogP contribution in [0.1, 0.15) is 28.8 Å². The van der Waals surface area contributed by atoms with E-state index >= 15 is 0 Å². The molecule has 0 aliphatic rings. The molecule has 1 aromatic heterocycles. The summed E-state index contributed by atoms with van der Waals surface area (Å²) in [6.45, 7) is 2.07. The fourth-order valence-electron chi connectivity index (χ4n) is 3.53. The Bertz CT molecular complexity index is 1300. The van der Waals surface area contributed by atoms with Crippen molar-refractivity contribution < 1.29 is 18.7 Å². The van der Waals surface area contributed by atoms with E-state index in [2.05, 4.69) is 10.3 Å². The molecule has 0 radical (unpaired) electrons. The number of amides is 1. The van der Waals surface area contributed by atoms with E-state index in [9.17, 15) is 14.0 Å². The highest BCUT2D eigenvalue weighted by Gasteiger charge is 2.15. The van der Waals surface area contributed by atoms with Crippen LogP contribution in [0.3, 0.4) is 0 Å². The van der Waals surface area contributed by atoms with E-state index in [0.717, 1.165) is 11.3 Å². The first-order valence-corrected chi connectivity index (χ1v) is 10.7. The van der Waals surface area contributed by atoms with E-state index in [4.69, 9.17) is 4.74 Å². The van der Waals surface area contributed by atoms with Crippen LogP contribution in [0.25, 0.3) is 22.2 Å². The van der Waals surface area contributed by atoms with Gasteiger partial charge in [0.1, 0.15) is 5.82 Å². The van der Waals surface area contributed by atoms with Crippen molar-refractivity contribution in [3.63, 3.8) is 0 Å². The third-order valence-electron chi connectivity index (χ3n) is 5.16. The van der Waals surface area contributed by atoms with Crippen molar-refractivity contribution in [3.8, 4) is 11.3 Å². The lowest BCUT2D eigenvalue weighted by Crippen LogP contribution is -2.14. The van der Waals surface area contributed by atoms with Gasteiger partial charge in [0.2, 0.25) is 5.91 Å². The maximum atomic E-state index is 13.3. The number of esters is 1. The lowest BCUT2D eigenvalue weighted by molar-refractivity contribution is -0.116. The fourth-order valence-corrected chi connectivity index (χ4v) is 3.53. The Balaban J connectivity index is 1.42. The van der Waals surface area contributed by atoms with Gasteiger partial charge in [0, 0.05) is 23.1 Å². The molecule has 0 spiro atoms. The van der Waals surface area contributed by atoms with E-state index in [1.807, 2.05) is 55.5 Å². The standard InChI is InChI=1S/C27H23FN2O3/c1-18-6-4-7-21(16-18)29-26(31)10-5-15-33-27(32)23-17-25(19-11-13-20(28)14-12-19)30-24-9-3-2-8-22(23)24/h2-4,6-9,11-14,16-17H,5,10,15H2,1H3,(H,29,31). The summed E-state index contributed by atoms with van der Waals surface area (Å²) in [6, 6.07) is 22.5. The number of fused-ring (bicyclic) bond motifs is 1. The Labute approximate surface area is 191 Å². The number of nitrogens with zero attached hydrogens (tertiary/aromatic N) is 1. The van der Waals surface area contributed by atoms with Crippen molar-refractivity contribution in [2.45, 2.75) is 19.8 Å². The number of ether oxygens (including phenoxy) is 1. The molecule has 0 saturated carbocycles. The predicted octanol–water partition coefficient (Wildman–Crippen LogP) is 5.93. The minimum atomic E-state index is -0.490. The second-order valence-electron chi connectivity index (χ2n) is 7.74. The number of carbonyl (C=O) groups is 2. The second-order valence-corrected chi connectivity index (χ2v) is 7.74. The molecule has 4 rings (SSSR count). The second kappa shape index (κ2) is 10.0. The largest absolute Gasteiger partial charge is 0.462 e. The van der Waals surface area contributed by atoms with Crippen molar-refractivity contribution in [1.29, 1.82) is 0 Å². The van der Waals surface area contributed by atoms with Gasteiger partial charge in [-0.1, -0.05) is 30.3 Å². The van der Waals surface area contributed by atoms with Gasteiger partial charge >= 0.3 is 5.97 Å².